The van der Waals surface area contributed by atoms with Gasteiger partial charge in [-0.05, 0) is 47.1 Å². The van der Waals surface area contributed by atoms with Crippen molar-refractivity contribution >= 4 is 11.9 Å². The largest absolute Gasteiger partial charge is 0.460 e. The molecule has 128 valence electrons. The van der Waals surface area contributed by atoms with Crippen LogP contribution in [0, 0.1) is 5.41 Å². The van der Waals surface area contributed by atoms with E-state index >= 15 is 0 Å². The standard InChI is InChI=1S/C19H29NO3/c1-14(15-11-9-8-10-12-15)20(7)16(21)13-19(5,6)17(22)23-18(2,3)4/h8-12,14H,13H2,1-7H3/t14-/m1/s1. The van der Waals surface area contributed by atoms with Crippen molar-refractivity contribution in [3.63, 3.8) is 0 Å². The molecule has 0 radical (unpaired) electrons. The monoisotopic (exact) mass is 319 g/mol. The molecule has 0 aliphatic carbocycles. The molecule has 0 saturated carbocycles. The van der Waals surface area contributed by atoms with Gasteiger partial charge in [-0.25, -0.2) is 0 Å². The summed E-state index contributed by atoms with van der Waals surface area (Å²) in [6, 6.07) is 9.80. The van der Waals surface area contributed by atoms with Crippen molar-refractivity contribution in [1.82, 2.24) is 4.90 Å². The van der Waals surface area contributed by atoms with Crippen LogP contribution in [0.1, 0.15) is 59.6 Å². The molecule has 0 heterocycles. The molecule has 0 aromatic heterocycles. The zero-order valence-corrected chi connectivity index (χ0v) is 15.3. The van der Waals surface area contributed by atoms with E-state index in [1.807, 2.05) is 58.0 Å². The van der Waals surface area contributed by atoms with Gasteiger partial charge in [0.05, 0.1) is 11.5 Å². The SMILES string of the molecule is C[C@H](c1ccccc1)N(C)C(=O)CC(C)(C)C(=O)OC(C)(C)C. The first-order valence-corrected chi connectivity index (χ1v) is 7.98. The van der Waals surface area contributed by atoms with Crippen LogP contribution >= 0.6 is 0 Å². The summed E-state index contributed by atoms with van der Waals surface area (Å²) in [5.41, 5.74) is -0.339. The van der Waals surface area contributed by atoms with Gasteiger partial charge < -0.3 is 9.64 Å². The Morgan fingerprint density at radius 3 is 2.09 bits per heavy atom. The Balaban J connectivity index is 2.75. The van der Waals surface area contributed by atoms with Crippen molar-refractivity contribution in [2.45, 2.75) is 59.6 Å². The number of amides is 1. The molecule has 0 aliphatic heterocycles. The van der Waals surface area contributed by atoms with E-state index in [1.165, 1.54) is 0 Å². The minimum atomic E-state index is -0.852. The molecule has 0 fully saturated rings. The Kier molecular flexibility index (Phi) is 5.98. The highest BCUT2D eigenvalue weighted by molar-refractivity contribution is 5.85. The van der Waals surface area contributed by atoms with Gasteiger partial charge in [-0.3, -0.25) is 9.59 Å². The van der Waals surface area contributed by atoms with Crippen molar-refractivity contribution in [3.8, 4) is 0 Å². The molecule has 0 N–H and O–H groups in total. The van der Waals surface area contributed by atoms with Crippen molar-refractivity contribution in [2.75, 3.05) is 7.05 Å². The molecule has 1 amide bonds. The molecule has 4 heteroatoms. The molecular formula is C19H29NO3. The fourth-order valence-corrected chi connectivity index (χ4v) is 2.16. The van der Waals surface area contributed by atoms with E-state index in [2.05, 4.69) is 0 Å². The lowest BCUT2D eigenvalue weighted by molar-refractivity contribution is -0.168. The highest BCUT2D eigenvalue weighted by atomic mass is 16.6. The summed E-state index contributed by atoms with van der Waals surface area (Å²) >= 11 is 0. The first-order chi connectivity index (χ1) is 10.4. The maximum atomic E-state index is 12.6. The van der Waals surface area contributed by atoms with Gasteiger partial charge in [-0.15, -0.1) is 0 Å². The number of hydrogen-bond donors (Lipinski definition) is 0. The van der Waals surface area contributed by atoms with Crippen LogP contribution in [0.2, 0.25) is 0 Å². The summed E-state index contributed by atoms with van der Waals surface area (Å²) in [5, 5.41) is 0. The van der Waals surface area contributed by atoms with E-state index in [4.69, 9.17) is 4.74 Å². The summed E-state index contributed by atoms with van der Waals surface area (Å²) in [6.45, 7) is 11.0. The van der Waals surface area contributed by atoms with Crippen LogP contribution in [0.15, 0.2) is 30.3 Å². The Hall–Kier alpha value is -1.84. The third-order valence-corrected chi connectivity index (χ3v) is 3.80. The molecule has 4 nitrogen and oxygen atoms in total. The number of benzene rings is 1. The predicted molar refractivity (Wildman–Crippen MR) is 91.9 cm³/mol. The lowest BCUT2D eigenvalue weighted by Gasteiger charge is -2.31. The van der Waals surface area contributed by atoms with Gasteiger partial charge in [0.2, 0.25) is 5.91 Å². The first kappa shape index (κ1) is 19.2. The van der Waals surface area contributed by atoms with Gasteiger partial charge in [0.15, 0.2) is 0 Å². The van der Waals surface area contributed by atoms with Crippen molar-refractivity contribution in [3.05, 3.63) is 35.9 Å². The molecule has 0 spiro atoms. The second-order valence-corrected chi connectivity index (χ2v) is 7.65. The smallest absolute Gasteiger partial charge is 0.312 e. The molecule has 0 saturated heterocycles. The maximum absolute atomic E-state index is 12.6. The number of hydrogen-bond acceptors (Lipinski definition) is 3. The first-order valence-electron chi connectivity index (χ1n) is 7.98. The quantitative estimate of drug-likeness (QED) is 0.772. The minimum Gasteiger partial charge on any atom is -0.460 e. The molecule has 1 atom stereocenters. The second kappa shape index (κ2) is 7.16. The van der Waals surface area contributed by atoms with Crippen LogP contribution in [0.4, 0.5) is 0 Å². The molecule has 0 unspecified atom stereocenters. The molecule has 0 bridgehead atoms. The van der Waals surface area contributed by atoms with Crippen LogP contribution in [0.3, 0.4) is 0 Å². The topological polar surface area (TPSA) is 46.6 Å². The van der Waals surface area contributed by atoms with Gasteiger partial charge >= 0.3 is 5.97 Å². The zero-order chi connectivity index (χ0) is 17.8. The predicted octanol–water partition coefficient (Wildman–Crippen LogP) is 3.96. The highest BCUT2D eigenvalue weighted by Crippen LogP contribution is 2.28. The molecule has 1 aromatic carbocycles. The van der Waals surface area contributed by atoms with Crippen molar-refractivity contribution in [2.24, 2.45) is 5.41 Å². The highest BCUT2D eigenvalue weighted by Gasteiger charge is 2.36. The van der Waals surface area contributed by atoms with E-state index in [9.17, 15) is 9.59 Å². The van der Waals surface area contributed by atoms with Gasteiger partial charge in [0.25, 0.3) is 0 Å². The number of carbonyl (C=O) groups excluding carboxylic acids is 2. The lowest BCUT2D eigenvalue weighted by atomic mass is 9.88. The normalized spacial score (nSPS) is 13.3. The Labute approximate surface area is 139 Å². The molecule has 1 rings (SSSR count). The number of nitrogens with zero attached hydrogens (tertiary/aromatic N) is 1. The average Bonchev–Trinajstić information content (AvgIpc) is 2.44. The Bertz CT molecular complexity index is 543. The summed E-state index contributed by atoms with van der Waals surface area (Å²) < 4.78 is 5.42. The van der Waals surface area contributed by atoms with Gasteiger partial charge in [-0.1, -0.05) is 30.3 Å². The molecule has 0 aliphatic rings. The van der Waals surface area contributed by atoms with E-state index in [1.54, 1.807) is 25.8 Å². The summed E-state index contributed by atoms with van der Waals surface area (Å²) in [6.07, 6.45) is 0.121. The molecular weight excluding hydrogens is 290 g/mol. The number of carbonyl (C=O) groups is 2. The zero-order valence-electron chi connectivity index (χ0n) is 15.3. The van der Waals surface area contributed by atoms with Crippen LogP contribution in [-0.2, 0) is 14.3 Å². The van der Waals surface area contributed by atoms with Crippen LogP contribution in [-0.4, -0.2) is 29.4 Å². The third-order valence-electron chi connectivity index (χ3n) is 3.80. The Morgan fingerprint density at radius 1 is 1.09 bits per heavy atom. The van der Waals surface area contributed by atoms with Crippen molar-refractivity contribution in [1.29, 1.82) is 0 Å². The van der Waals surface area contributed by atoms with E-state index in [0.717, 1.165) is 5.56 Å². The summed E-state index contributed by atoms with van der Waals surface area (Å²) in [5.74, 6) is -0.420. The van der Waals surface area contributed by atoms with Gasteiger partial charge in [-0.2, -0.15) is 0 Å². The van der Waals surface area contributed by atoms with Gasteiger partial charge in [0, 0.05) is 13.5 Å². The number of esters is 1. The Morgan fingerprint density at radius 2 is 1.61 bits per heavy atom. The number of rotatable bonds is 5. The maximum Gasteiger partial charge on any atom is 0.312 e. The minimum absolute atomic E-state index is 0.0434. The molecule has 23 heavy (non-hydrogen) atoms. The van der Waals surface area contributed by atoms with E-state index in [-0.39, 0.29) is 24.3 Å². The number of ether oxygens (including phenoxy) is 1. The van der Waals surface area contributed by atoms with Crippen molar-refractivity contribution < 1.29 is 14.3 Å². The van der Waals surface area contributed by atoms with E-state index < -0.39 is 11.0 Å². The van der Waals surface area contributed by atoms with Gasteiger partial charge in [0.1, 0.15) is 5.60 Å². The van der Waals surface area contributed by atoms with E-state index in [0.29, 0.717) is 0 Å². The third kappa shape index (κ3) is 5.70. The van der Waals surface area contributed by atoms with Crippen LogP contribution in [0.5, 0.6) is 0 Å². The second-order valence-electron chi connectivity index (χ2n) is 7.65. The average molecular weight is 319 g/mol. The molecule has 1 aromatic rings. The van der Waals surface area contributed by atoms with Crippen LogP contribution in [0.25, 0.3) is 0 Å². The summed E-state index contributed by atoms with van der Waals surface area (Å²) in [7, 11) is 1.77. The fraction of sp³-hybridized carbons (Fsp3) is 0.579. The lowest BCUT2D eigenvalue weighted by Crippen LogP contribution is -2.39. The van der Waals surface area contributed by atoms with Crippen LogP contribution < -0.4 is 0 Å². The summed E-state index contributed by atoms with van der Waals surface area (Å²) in [4.78, 5) is 26.5. The fourth-order valence-electron chi connectivity index (χ4n) is 2.16.